The second-order valence-electron chi connectivity index (χ2n) is 23.9. The number of rotatable bonds is 26. The minimum absolute atomic E-state index is 0.00391. The number of hydrogen-bond acceptors (Lipinski definition) is 12. The molecular weight excluding hydrogens is 1080 g/mol. The Morgan fingerprint density at radius 1 is 0.482 bits per heavy atom. The SMILES string of the molecule is COC(=O)[C@H](NC(=O)[C@@H](Cc1ccccc1)NC(=O)[C@H](Cc1cn(C(c2ccccc2)(c2ccccc2)c2ccccc2)cn1)NC(=O)[C@H](NC(=O)[C@@H](NC(=O)[C@H](Cc1cn(C)cn1)NC(=O)OC(C)(C)C)[C@@H](C)OC(C)(C)C)C(C)C)C(C)C. The van der Waals surface area contributed by atoms with E-state index in [-0.39, 0.29) is 25.2 Å². The van der Waals surface area contributed by atoms with Crippen molar-refractivity contribution >= 4 is 41.6 Å². The first-order valence-corrected chi connectivity index (χ1v) is 28.7. The van der Waals surface area contributed by atoms with Gasteiger partial charge in [-0.3, -0.25) is 24.0 Å². The maximum atomic E-state index is 15.3. The number of ether oxygens (including phenoxy) is 3. The van der Waals surface area contributed by atoms with Crippen LogP contribution in [0.5, 0.6) is 0 Å². The van der Waals surface area contributed by atoms with E-state index in [1.54, 1.807) is 131 Å². The van der Waals surface area contributed by atoms with E-state index in [9.17, 15) is 24.0 Å². The number of aromatic nitrogens is 4. The number of hydrogen-bond donors (Lipinski definition) is 6. The van der Waals surface area contributed by atoms with Gasteiger partial charge in [0.05, 0.1) is 42.9 Å². The Morgan fingerprint density at radius 3 is 1.35 bits per heavy atom. The molecule has 0 aliphatic rings. The van der Waals surface area contributed by atoms with E-state index < -0.39 is 107 Å². The van der Waals surface area contributed by atoms with Crippen LogP contribution in [-0.2, 0) is 74.8 Å². The van der Waals surface area contributed by atoms with Gasteiger partial charge in [-0.05, 0) is 82.6 Å². The second kappa shape index (κ2) is 29.2. The normalized spacial score (nSPS) is 14.3. The zero-order valence-electron chi connectivity index (χ0n) is 51.0. The molecule has 6 aromatic rings. The number of benzene rings is 4. The average molecular weight is 1170 g/mol. The summed E-state index contributed by atoms with van der Waals surface area (Å²) in [5.74, 6) is -5.49. The van der Waals surface area contributed by atoms with Crippen LogP contribution in [0.25, 0.3) is 0 Å². The lowest BCUT2D eigenvalue weighted by Gasteiger charge is -2.37. The maximum absolute atomic E-state index is 15.3. The lowest BCUT2D eigenvalue weighted by Crippen LogP contribution is -2.63. The Morgan fingerprint density at radius 2 is 0.894 bits per heavy atom. The van der Waals surface area contributed by atoms with Crippen molar-refractivity contribution in [3.05, 3.63) is 180 Å². The largest absolute Gasteiger partial charge is 0.467 e. The number of aryl methyl sites for hydroxylation is 1. The van der Waals surface area contributed by atoms with E-state index >= 15 is 9.59 Å². The third-order valence-electron chi connectivity index (χ3n) is 14.0. The van der Waals surface area contributed by atoms with Crippen molar-refractivity contribution in [3.63, 3.8) is 0 Å². The molecule has 85 heavy (non-hydrogen) atoms. The van der Waals surface area contributed by atoms with Crippen LogP contribution in [0.4, 0.5) is 4.79 Å². The molecule has 6 rings (SSSR count). The molecule has 454 valence electrons. The third-order valence-corrected chi connectivity index (χ3v) is 14.0. The zero-order valence-corrected chi connectivity index (χ0v) is 51.0. The van der Waals surface area contributed by atoms with Crippen molar-refractivity contribution in [1.29, 1.82) is 0 Å². The molecule has 0 spiro atoms. The van der Waals surface area contributed by atoms with Gasteiger partial charge in [0.25, 0.3) is 0 Å². The highest BCUT2D eigenvalue weighted by Gasteiger charge is 2.41. The molecule has 20 heteroatoms. The van der Waals surface area contributed by atoms with Crippen molar-refractivity contribution in [2.24, 2.45) is 18.9 Å². The molecule has 6 amide bonds. The summed E-state index contributed by atoms with van der Waals surface area (Å²) in [6, 6.07) is 30.9. The Kier molecular flexibility index (Phi) is 22.5. The molecule has 6 N–H and O–H groups in total. The van der Waals surface area contributed by atoms with Gasteiger partial charge in [0.2, 0.25) is 29.5 Å². The van der Waals surface area contributed by atoms with E-state index in [1.165, 1.54) is 7.11 Å². The molecule has 0 aliphatic carbocycles. The molecule has 0 saturated carbocycles. The Hall–Kier alpha value is -8.65. The fraction of sp³-hybridized carbons (Fsp3) is 0.431. The van der Waals surface area contributed by atoms with Gasteiger partial charge in [-0.25, -0.2) is 19.6 Å². The van der Waals surface area contributed by atoms with Crippen LogP contribution >= 0.6 is 0 Å². The van der Waals surface area contributed by atoms with Crippen LogP contribution < -0.4 is 31.9 Å². The molecular formula is C65H84N10O10. The summed E-state index contributed by atoms with van der Waals surface area (Å²) in [6.07, 6.45) is 4.56. The van der Waals surface area contributed by atoms with Gasteiger partial charge in [0.1, 0.15) is 47.4 Å². The van der Waals surface area contributed by atoms with Gasteiger partial charge < -0.3 is 55.2 Å². The summed E-state index contributed by atoms with van der Waals surface area (Å²) in [4.78, 5) is 110. The molecule has 0 fully saturated rings. The highest BCUT2D eigenvalue weighted by atomic mass is 16.6. The number of imidazole rings is 2. The van der Waals surface area contributed by atoms with Crippen LogP contribution in [0.15, 0.2) is 146 Å². The number of carbonyl (C=O) groups excluding carboxylic acids is 7. The first-order valence-electron chi connectivity index (χ1n) is 28.7. The quantitative estimate of drug-likeness (QED) is 0.0252. The monoisotopic (exact) mass is 1160 g/mol. The van der Waals surface area contributed by atoms with Crippen molar-refractivity contribution < 1.29 is 47.8 Å². The van der Waals surface area contributed by atoms with Crippen LogP contribution in [0.2, 0.25) is 0 Å². The zero-order chi connectivity index (χ0) is 62.2. The number of carbonyl (C=O) groups is 7. The van der Waals surface area contributed by atoms with E-state index in [0.29, 0.717) is 17.0 Å². The van der Waals surface area contributed by atoms with Crippen LogP contribution in [-0.4, -0.2) is 121 Å². The Bertz CT molecular complexity index is 3080. The molecule has 0 radical (unpaired) electrons. The summed E-state index contributed by atoms with van der Waals surface area (Å²) >= 11 is 0. The molecule has 0 aliphatic heterocycles. The molecule has 0 saturated heterocycles. The average Bonchev–Trinajstić information content (AvgIpc) is 1.87. The number of methoxy groups -OCH3 is 1. The third kappa shape index (κ3) is 18.2. The summed E-state index contributed by atoms with van der Waals surface area (Å²) < 4.78 is 20.5. The fourth-order valence-electron chi connectivity index (χ4n) is 10.0. The minimum atomic E-state index is -1.45. The van der Waals surface area contributed by atoms with Crippen molar-refractivity contribution in [2.75, 3.05) is 7.11 Å². The lowest BCUT2D eigenvalue weighted by atomic mass is 9.77. The lowest BCUT2D eigenvalue weighted by molar-refractivity contribution is -0.146. The van der Waals surface area contributed by atoms with Gasteiger partial charge >= 0.3 is 12.1 Å². The summed E-state index contributed by atoms with van der Waals surface area (Å²) in [6.45, 7) is 18.9. The standard InChI is InChI=1S/C65H84N10O10/c1-41(2)53(71-60(80)55(43(5)84-63(6,7)8)73-58(78)52(35-48-37-74(12)39-66-48)70-62(82)85-64(9,10)11)59(79)69-51(56(76)68-50(34-44-26-18-14-19-27-44)57(77)72-54(42(3)4)61(81)83-13)36-49-38-75(40-67-49)65(45-28-20-15-21-29-45,46-30-22-16-23-31-46)47-32-24-17-25-33-47/h14-33,37-43,50-55H,34-36H2,1-13H3,(H,68,76)(H,69,79)(H,70,82)(H,71,80)(H,72,77)(H,73,78)/t43-,50-,51+,52+,53-,54-,55+/m1/s1. The molecule has 4 aromatic carbocycles. The maximum Gasteiger partial charge on any atom is 0.408 e. The Labute approximate surface area is 499 Å². The number of nitrogens with one attached hydrogen (secondary N) is 6. The summed E-state index contributed by atoms with van der Waals surface area (Å²) in [7, 11) is 2.98. The first kappa shape index (κ1) is 65.5. The van der Waals surface area contributed by atoms with Gasteiger partial charge in [0.15, 0.2) is 0 Å². The number of esters is 1. The van der Waals surface area contributed by atoms with E-state index in [1.807, 2.05) is 108 Å². The Balaban J connectivity index is 1.40. The first-order chi connectivity index (χ1) is 40.2. The van der Waals surface area contributed by atoms with Gasteiger partial charge in [-0.2, -0.15) is 0 Å². The predicted molar refractivity (Wildman–Crippen MR) is 322 cm³/mol. The summed E-state index contributed by atoms with van der Waals surface area (Å²) in [5, 5.41) is 16.9. The van der Waals surface area contributed by atoms with Gasteiger partial charge in [0, 0.05) is 38.7 Å². The number of nitrogens with zero attached hydrogens (tertiary/aromatic N) is 4. The topological polar surface area (TPSA) is 255 Å². The molecule has 20 nitrogen and oxygen atoms in total. The fourth-order valence-corrected chi connectivity index (χ4v) is 10.0. The van der Waals surface area contributed by atoms with Gasteiger partial charge in [-0.1, -0.05) is 149 Å². The van der Waals surface area contributed by atoms with E-state index in [4.69, 9.17) is 19.2 Å². The van der Waals surface area contributed by atoms with Crippen molar-refractivity contribution in [3.8, 4) is 0 Å². The molecule has 0 bridgehead atoms. The van der Waals surface area contributed by atoms with Crippen molar-refractivity contribution in [2.45, 2.75) is 155 Å². The van der Waals surface area contributed by atoms with E-state index in [0.717, 1.165) is 16.7 Å². The highest BCUT2D eigenvalue weighted by molar-refractivity contribution is 5.97. The van der Waals surface area contributed by atoms with Gasteiger partial charge in [-0.15, -0.1) is 0 Å². The van der Waals surface area contributed by atoms with Crippen LogP contribution in [0.3, 0.4) is 0 Å². The smallest absolute Gasteiger partial charge is 0.408 e. The van der Waals surface area contributed by atoms with E-state index in [2.05, 4.69) is 36.9 Å². The van der Waals surface area contributed by atoms with Crippen molar-refractivity contribution in [1.82, 2.24) is 51.0 Å². The second-order valence-corrected chi connectivity index (χ2v) is 23.9. The predicted octanol–water partition coefficient (Wildman–Crippen LogP) is 6.49. The van der Waals surface area contributed by atoms with Crippen LogP contribution in [0, 0.1) is 11.8 Å². The van der Waals surface area contributed by atoms with Crippen LogP contribution in [0.1, 0.15) is 110 Å². The summed E-state index contributed by atoms with van der Waals surface area (Å²) in [5.41, 5.74) is 1.57. The number of alkyl carbamates (subject to hydrolysis) is 1. The molecule has 2 heterocycles. The number of amides is 6. The molecule has 2 aromatic heterocycles. The minimum Gasteiger partial charge on any atom is -0.467 e. The highest BCUT2D eigenvalue weighted by Crippen LogP contribution is 2.41. The molecule has 0 unspecified atom stereocenters. The molecule has 7 atom stereocenters.